The Morgan fingerprint density at radius 1 is 1.45 bits per heavy atom. The van der Waals surface area contributed by atoms with Gasteiger partial charge in [0, 0.05) is 30.9 Å². The monoisotopic (exact) mass is 279 g/mol. The third-order valence-electron chi connectivity index (χ3n) is 4.08. The molecule has 4 nitrogen and oxygen atoms in total. The topological polar surface area (TPSA) is 52.9 Å². The van der Waals surface area contributed by atoms with Crippen LogP contribution in [0.2, 0.25) is 0 Å². The number of hydrogen-bond donors (Lipinski definition) is 2. The van der Waals surface area contributed by atoms with Gasteiger partial charge in [-0.2, -0.15) is 0 Å². The number of aliphatic hydroxyl groups is 2. The fourth-order valence-corrected chi connectivity index (χ4v) is 3.11. The summed E-state index contributed by atoms with van der Waals surface area (Å²) in [6.07, 6.45) is 2.59. The van der Waals surface area contributed by atoms with Crippen LogP contribution in [0.5, 0.6) is 5.75 Å². The molecule has 2 atom stereocenters. The quantitative estimate of drug-likeness (QED) is 0.868. The predicted octanol–water partition coefficient (Wildman–Crippen LogP) is 2.35. The highest BCUT2D eigenvalue weighted by molar-refractivity contribution is 5.60. The summed E-state index contributed by atoms with van der Waals surface area (Å²) in [4.78, 5) is 2.31. The van der Waals surface area contributed by atoms with Gasteiger partial charge in [-0.15, -0.1) is 0 Å². The number of piperidine rings is 1. The van der Waals surface area contributed by atoms with E-state index in [0.717, 1.165) is 42.9 Å². The molecule has 1 heterocycles. The van der Waals surface area contributed by atoms with Crippen molar-refractivity contribution in [1.82, 2.24) is 0 Å². The van der Waals surface area contributed by atoms with E-state index >= 15 is 0 Å². The van der Waals surface area contributed by atoms with Crippen LogP contribution >= 0.6 is 0 Å². The third-order valence-corrected chi connectivity index (χ3v) is 4.08. The fourth-order valence-electron chi connectivity index (χ4n) is 3.11. The van der Waals surface area contributed by atoms with E-state index in [0.29, 0.717) is 5.92 Å². The van der Waals surface area contributed by atoms with Crippen LogP contribution in [0, 0.1) is 5.92 Å². The molecule has 0 aliphatic carbocycles. The Labute approximate surface area is 121 Å². The Balaban J connectivity index is 2.27. The second-order valence-electron chi connectivity index (χ2n) is 5.54. The highest BCUT2D eigenvalue weighted by Gasteiger charge is 2.24. The lowest BCUT2D eigenvalue weighted by molar-refractivity contribution is 0.194. The van der Waals surface area contributed by atoms with Gasteiger partial charge in [0.1, 0.15) is 5.75 Å². The first-order chi connectivity index (χ1) is 9.67. The van der Waals surface area contributed by atoms with Gasteiger partial charge >= 0.3 is 0 Å². The Bertz CT molecular complexity index is 432. The van der Waals surface area contributed by atoms with Gasteiger partial charge in [0.05, 0.1) is 13.2 Å². The van der Waals surface area contributed by atoms with Crippen molar-refractivity contribution in [3.8, 4) is 5.75 Å². The summed E-state index contributed by atoms with van der Waals surface area (Å²) in [6.45, 7) is 3.96. The highest BCUT2D eigenvalue weighted by Crippen LogP contribution is 2.36. The number of hydrogen-bond acceptors (Lipinski definition) is 4. The summed E-state index contributed by atoms with van der Waals surface area (Å²) in [5, 5.41) is 19.2. The van der Waals surface area contributed by atoms with Crippen molar-refractivity contribution >= 4 is 5.69 Å². The lowest BCUT2D eigenvalue weighted by Gasteiger charge is -2.36. The van der Waals surface area contributed by atoms with Crippen molar-refractivity contribution in [3.63, 3.8) is 0 Å². The summed E-state index contributed by atoms with van der Waals surface area (Å²) in [6, 6.07) is 5.91. The van der Waals surface area contributed by atoms with E-state index in [4.69, 9.17) is 9.84 Å². The van der Waals surface area contributed by atoms with Gasteiger partial charge in [-0.3, -0.25) is 0 Å². The molecule has 2 N–H and O–H groups in total. The van der Waals surface area contributed by atoms with Crippen LogP contribution in [0.1, 0.15) is 37.9 Å². The molecule has 4 heteroatoms. The first-order valence-corrected chi connectivity index (χ1v) is 7.38. The SMILES string of the molecule is COc1cccc(N2CCCC(CCO)C2)c1C(C)O. The second-order valence-corrected chi connectivity index (χ2v) is 5.54. The zero-order valence-corrected chi connectivity index (χ0v) is 12.4. The summed E-state index contributed by atoms with van der Waals surface area (Å²) in [5.74, 6) is 1.27. The van der Waals surface area contributed by atoms with Crippen molar-refractivity contribution in [2.75, 3.05) is 31.7 Å². The summed E-state index contributed by atoms with van der Waals surface area (Å²) in [7, 11) is 1.63. The van der Waals surface area contributed by atoms with Gasteiger partial charge < -0.3 is 19.8 Å². The lowest BCUT2D eigenvalue weighted by Crippen LogP contribution is -2.36. The van der Waals surface area contributed by atoms with Crippen LogP contribution in [-0.2, 0) is 0 Å². The van der Waals surface area contributed by atoms with Crippen LogP contribution in [-0.4, -0.2) is 37.0 Å². The Hall–Kier alpha value is -1.26. The molecule has 1 aliphatic heterocycles. The molecular weight excluding hydrogens is 254 g/mol. The standard InChI is InChI=1S/C16H25NO3/c1-12(19)16-14(6-3-7-15(16)20-2)17-9-4-5-13(11-17)8-10-18/h3,6-7,12-13,18-19H,4-5,8-11H2,1-2H3. The first-order valence-electron chi connectivity index (χ1n) is 7.38. The van der Waals surface area contributed by atoms with Crippen LogP contribution in [0.25, 0.3) is 0 Å². The summed E-state index contributed by atoms with van der Waals surface area (Å²) < 4.78 is 5.39. The minimum absolute atomic E-state index is 0.250. The number of anilines is 1. The Morgan fingerprint density at radius 2 is 2.25 bits per heavy atom. The molecule has 1 aromatic rings. The Kier molecular flexibility index (Phi) is 5.26. The number of ether oxygens (including phenoxy) is 1. The van der Waals surface area contributed by atoms with Crippen molar-refractivity contribution in [2.45, 2.75) is 32.3 Å². The largest absolute Gasteiger partial charge is 0.496 e. The molecule has 1 aliphatic rings. The summed E-state index contributed by atoms with van der Waals surface area (Å²) in [5.41, 5.74) is 1.92. The van der Waals surface area contributed by atoms with E-state index in [9.17, 15) is 5.11 Å². The van der Waals surface area contributed by atoms with Crippen LogP contribution in [0.15, 0.2) is 18.2 Å². The van der Waals surface area contributed by atoms with Crippen molar-refractivity contribution in [3.05, 3.63) is 23.8 Å². The minimum atomic E-state index is -0.556. The third kappa shape index (κ3) is 3.25. The molecule has 2 unspecified atom stereocenters. The van der Waals surface area contributed by atoms with E-state index in [1.807, 2.05) is 18.2 Å². The van der Waals surface area contributed by atoms with Gasteiger partial charge in [0.15, 0.2) is 0 Å². The maximum atomic E-state index is 10.1. The number of aliphatic hydroxyl groups excluding tert-OH is 2. The average Bonchev–Trinajstić information content (AvgIpc) is 2.47. The number of benzene rings is 1. The highest BCUT2D eigenvalue weighted by atomic mass is 16.5. The van der Waals surface area contributed by atoms with Crippen molar-refractivity contribution < 1.29 is 14.9 Å². The second kappa shape index (κ2) is 6.95. The maximum absolute atomic E-state index is 10.1. The zero-order chi connectivity index (χ0) is 14.5. The van der Waals surface area contributed by atoms with Crippen LogP contribution in [0.3, 0.4) is 0 Å². The number of rotatable bonds is 5. The van der Waals surface area contributed by atoms with Crippen molar-refractivity contribution in [1.29, 1.82) is 0 Å². The number of nitrogens with zero attached hydrogens (tertiary/aromatic N) is 1. The Morgan fingerprint density at radius 3 is 2.90 bits per heavy atom. The molecule has 112 valence electrons. The number of methoxy groups -OCH3 is 1. The van der Waals surface area contributed by atoms with E-state index in [2.05, 4.69) is 4.90 Å². The molecule has 0 amide bonds. The van der Waals surface area contributed by atoms with Gasteiger partial charge in [-0.05, 0) is 44.2 Å². The molecule has 2 rings (SSSR count). The van der Waals surface area contributed by atoms with Crippen LogP contribution in [0.4, 0.5) is 5.69 Å². The molecule has 1 fully saturated rings. The smallest absolute Gasteiger partial charge is 0.126 e. The zero-order valence-electron chi connectivity index (χ0n) is 12.4. The van der Waals surface area contributed by atoms with Gasteiger partial charge in [0.2, 0.25) is 0 Å². The summed E-state index contributed by atoms with van der Waals surface area (Å²) >= 11 is 0. The van der Waals surface area contributed by atoms with Gasteiger partial charge in [-0.1, -0.05) is 6.07 Å². The van der Waals surface area contributed by atoms with Gasteiger partial charge in [-0.25, -0.2) is 0 Å². The van der Waals surface area contributed by atoms with Crippen molar-refractivity contribution in [2.24, 2.45) is 5.92 Å². The fraction of sp³-hybridized carbons (Fsp3) is 0.625. The van der Waals surface area contributed by atoms with E-state index in [1.54, 1.807) is 14.0 Å². The molecular formula is C16H25NO3. The normalized spacial score (nSPS) is 20.8. The van der Waals surface area contributed by atoms with E-state index in [1.165, 1.54) is 6.42 Å². The first kappa shape index (κ1) is 15.1. The molecule has 0 radical (unpaired) electrons. The molecule has 0 saturated carbocycles. The maximum Gasteiger partial charge on any atom is 0.126 e. The minimum Gasteiger partial charge on any atom is -0.496 e. The molecule has 1 aromatic carbocycles. The predicted molar refractivity (Wildman–Crippen MR) is 80.3 cm³/mol. The molecule has 1 saturated heterocycles. The molecule has 0 spiro atoms. The van der Waals surface area contributed by atoms with Crippen LogP contribution < -0.4 is 9.64 Å². The molecule has 0 aromatic heterocycles. The molecule has 0 bridgehead atoms. The van der Waals surface area contributed by atoms with E-state index < -0.39 is 6.10 Å². The molecule has 20 heavy (non-hydrogen) atoms. The lowest BCUT2D eigenvalue weighted by atomic mass is 9.93. The van der Waals surface area contributed by atoms with E-state index in [-0.39, 0.29) is 6.61 Å². The average molecular weight is 279 g/mol. The van der Waals surface area contributed by atoms with Gasteiger partial charge in [0.25, 0.3) is 0 Å².